The lowest BCUT2D eigenvalue weighted by Crippen LogP contribution is -1.88. The van der Waals surface area contributed by atoms with Crippen LogP contribution in [0.25, 0.3) is 0 Å². The Kier molecular flexibility index (Phi) is 7.21. The molecule has 0 fully saturated rings. The van der Waals surface area contributed by atoms with Crippen LogP contribution in [0, 0.1) is 5.82 Å². The zero-order valence-electron chi connectivity index (χ0n) is 8.90. The summed E-state index contributed by atoms with van der Waals surface area (Å²) in [4.78, 5) is 0. The Labute approximate surface area is 118 Å². The first kappa shape index (κ1) is 16.2. The molecule has 0 radical (unpaired) electrons. The molecule has 0 saturated heterocycles. The molecule has 4 heteroatoms. The second-order valence-electron chi connectivity index (χ2n) is 3.41. The van der Waals surface area contributed by atoms with E-state index in [0.29, 0.717) is 0 Å². The molecule has 0 aromatic heterocycles. The van der Waals surface area contributed by atoms with Crippen molar-refractivity contribution in [3.05, 3.63) is 70.5 Å². The SMILES string of the molecule is Cl.Cl.Fc1ccc(Cc2ccccc2)cc1Cl. The molecule has 0 aliphatic heterocycles. The van der Waals surface area contributed by atoms with Gasteiger partial charge in [0.05, 0.1) is 5.02 Å². The molecular weight excluding hydrogens is 282 g/mol. The Morgan fingerprint density at radius 1 is 0.882 bits per heavy atom. The van der Waals surface area contributed by atoms with Crippen LogP contribution in [0.15, 0.2) is 48.5 Å². The zero-order valence-corrected chi connectivity index (χ0v) is 11.3. The highest BCUT2D eigenvalue weighted by atomic mass is 35.5. The quantitative estimate of drug-likeness (QED) is 0.738. The molecule has 17 heavy (non-hydrogen) atoms. The van der Waals surface area contributed by atoms with E-state index in [2.05, 4.69) is 0 Å². The van der Waals surface area contributed by atoms with Crippen molar-refractivity contribution in [2.75, 3.05) is 0 Å². The minimum absolute atomic E-state index is 0. The van der Waals surface area contributed by atoms with Gasteiger partial charge in [0, 0.05) is 0 Å². The van der Waals surface area contributed by atoms with Crippen LogP contribution in [-0.4, -0.2) is 0 Å². The Morgan fingerprint density at radius 2 is 1.53 bits per heavy atom. The topological polar surface area (TPSA) is 0 Å². The Hall–Kier alpha value is -0.760. The van der Waals surface area contributed by atoms with Gasteiger partial charge in [0.25, 0.3) is 0 Å². The number of hydrogen-bond acceptors (Lipinski definition) is 0. The highest BCUT2D eigenvalue weighted by Crippen LogP contribution is 2.18. The molecule has 0 spiro atoms. The molecule has 0 unspecified atom stereocenters. The predicted molar refractivity (Wildman–Crippen MR) is 75.2 cm³/mol. The smallest absolute Gasteiger partial charge is 0.141 e. The lowest BCUT2D eigenvalue weighted by Gasteiger charge is -2.02. The standard InChI is InChI=1S/C13H10ClF.2ClH/c14-12-9-11(6-7-13(12)15)8-10-4-2-1-3-5-10;;/h1-7,9H,8H2;2*1H. The minimum Gasteiger partial charge on any atom is -0.205 e. The van der Waals surface area contributed by atoms with E-state index < -0.39 is 0 Å². The van der Waals surface area contributed by atoms with Crippen LogP contribution in [0.5, 0.6) is 0 Å². The fourth-order valence-corrected chi connectivity index (χ4v) is 1.68. The molecule has 0 heterocycles. The van der Waals surface area contributed by atoms with Crippen LogP contribution in [-0.2, 0) is 6.42 Å². The second-order valence-corrected chi connectivity index (χ2v) is 3.82. The second kappa shape index (κ2) is 7.54. The van der Waals surface area contributed by atoms with Gasteiger partial charge in [-0.15, -0.1) is 24.8 Å². The number of halogens is 4. The van der Waals surface area contributed by atoms with Crippen molar-refractivity contribution in [1.29, 1.82) is 0 Å². The monoisotopic (exact) mass is 292 g/mol. The lowest BCUT2D eigenvalue weighted by molar-refractivity contribution is 0.627. The van der Waals surface area contributed by atoms with Crippen molar-refractivity contribution in [2.45, 2.75) is 6.42 Å². The molecule has 0 N–H and O–H groups in total. The van der Waals surface area contributed by atoms with E-state index >= 15 is 0 Å². The maximum absolute atomic E-state index is 12.9. The van der Waals surface area contributed by atoms with Crippen molar-refractivity contribution >= 4 is 36.4 Å². The maximum Gasteiger partial charge on any atom is 0.141 e. The summed E-state index contributed by atoms with van der Waals surface area (Å²) >= 11 is 5.71. The number of rotatable bonds is 2. The Bertz CT molecular complexity index is 457. The first-order valence-electron chi connectivity index (χ1n) is 4.73. The average molecular weight is 294 g/mol. The van der Waals surface area contributed by atoms with E-state index in [0.717, 1.165) is 12.0 Å². The van der Waals surface area contributed by atoms with Crippen LogP contribution in [0.2, 0.25) is 5.02 Å². The van der Waals surface area contributed by atoms with Crippen molar-refractivity contribution in [1.82, 2.24) is 0 Å². The third kappa shape index (κ3) is 4.55. The summed E-state index contributed by atoms with van der Waals surface area (Å²) in [6.07, 6.45) is 0.779. The van der Waals surface area contributed by atoms with Crippen molar-refractivity contribution in [3.63, 3.8) is 0 Å². The largest absolute Gasteiger partial charge is 0.205 e. The van der Waals surface area contributed by atoms with Gasteiger partial charge in [-0.3, -0.25) is 0 Å². The van der Waals surface area contributed by atoms with Gasteiger partial charge in [-0.2, -0.15) is 0 Å². The normalized spacial score (nSPS) is 9.06. The highest BCUT2D eigenvalue weighted by molar-refractivity contribution is 6.30. The van der Waals surface area contributed by atoms with Gasteiger partial charge in [0.2, 0.25) is 0 Å². The van der Waals surface area contributed by atoms with E-state index in [1.165, 1.54) is 11.6 Å². The molecule has 0 nitrogen and oxygen atoms in total. The van der Waals surface area contributed by atoms with E-state index in [9.17, 15) is 4.39 Å². The molecule has 0 aliphatic carbocycles. The molecule has 0 atom stereocenters. The van der Waals surface area contributed by atoms with Gasteiger partial charge in [-0.25, -0.2) is 4.39 Å². The molecular formula is C13H12Cl3F. The van der Waals surface area contributed by atoms with Crippen LogP contribution in [0.4, 0.5) is 4.39 Å². The summed E-state index contributed by atoms with van der Waals surface area (Å²) in [5.41, 5.74) is 2.22. The molecule has 2 rings (SSSR count). The average Bonchev–Trinajstić information content (AvgIpc) is 2.25. The first-order valence-corrected chi connectivity index (χ1v) is 5.11. The molecule has 0 bridgehead atoms. The Morgan fingerprint density at radius 3 is 2.12 bits per heavy atom. The summed E-state index contributed by atoms with van der Waals surface area (Å²) in [5, 5.41) is 0.184. The number of hydrogen-bond donors (Lipinski definition) is 0. The molecule has 0 aliphatic rings. The predicted octanol–water partition coefficient (Wildman–Crippen LogP) is 4.91. The highest BCUT2D eigenvalue weighted by Gasteiger charge is 2.01. The van der Waals surface area contributed by atoms with Crippen molar-refractivity contribution < 1.29 is 4.39 Å². The fourth-order valence-electron chi connectivity index (χ4n) is 1.48. The first-order chi connectivity index (χ1) is 7.25. The van der Waals surface area contributed by atoms with E-state index in [4.69, 9.17) is 11.6 Å². The third-order valence-corrected chi connectivity index (χ3v) is 2.52. The molecule has 0 amide bonds. The molecule has 0 saturated carbocycles. The van der Waals surface area contributed by atoms with Crippen molar-refractivity contribution in [2.24, 2.45) is 0 Å². The summed E-state index contributed by atoms with van der Waals surface area (Å²) in [6.45, 7) is 0. The van der Waals surface area contributed by atoms with Crippen LogP contribution in [0.3, 0.4) is 0 Å². The maximum atomic E-state index is 12.9. The fraction of sp³-hybridized carbons (Fsp3) is 0.0769. The van der Waals surface area contributed by atoms with Crippen molar-refractivity contribution in [3.8, 4) is 0 Å². The lowest BCUT2D eigenvalue weighted by atomic mass is 10.1. The summed E-state index contributed by atoms with van der Waals surface area (Å²) in [6, 6.07) is 14.9. The molecule has 2 aromatic rings. The summed E-state index contributed by atoms with van der Waals surface area (Å²) in [7, 11) is 0. The van der Waals surface area contributed by atoms with Gasteiger partial charge in [-0.05, 0) is 29.7 Å². The van der Waals surface area contributed by atoms with Gasteiger partial charge < -0.3 is 0 Å². The van der Waals surface area contributed by atoms with Crippen LogP contribution >= 0.6 is 36.4 Å². The van der Waals surface area contributed by atoms with Crippen LogP contribution in [0.1, 0.15) is 11.1 Å². The molecule has 2 aromatic carbocycles. The van der Waals surface area contributed by atoms with Gasteiger partial charge in [-0.1, -0.05) is 48.0 Å². The molecule has 92 valence electrons. The van der Waals surface area contributed by atoms with Crippen LogP contribution < -0.4 is 0 Å². The van der Waals surface area contributed by atoms with Gasteiger partial charge >= 0.3 is 0 Å². The summed E-state index contributed by atoms with van der Waals surface area (Å²) in [5.74, 6) is -0.367. The zero-order chi connectivity index (χ0) is 10.7. The Balaban J connectivity index is 0.00000128. The summed E-state index contributed by atoms with van der Waals surface area (Å²) < 4.78 is 12.9. The van der Waals surface area contributed by atoms with Gasteiger partial charge in [0.1, 0.15) is 5.82 Å². The van der Waals surface area contributed by atoms with E-state index in [1.54, 1.807) is 12.1 Å². The number of benzene rings is 2. The van der Waals surface area contributed by atoms with E-state index in [-0.39, 0.29) is 35.7 Å². The minimum atomic E-state index is -0.367. The van der Waals surface area contributed by atoms with E-state index in [1.807, 2.05) is 30.3 Å². The van der Waals surface area contributed by atoms with Gasteiger partial charge in [0.15, 0.2) is 0 Å². The third-order valence-electron chi connectivity index (χ3n) is 2.24.